The third-order valence-corrected chi connectivity index (χ3v) is 2.42. The Hall–Kier alpha value is -1.58. The van der Waals surface area contributed by atoms with Crippen molar-refractivity contribution in [3.8, 4) is 0 Å². The lowest BCUT2D eigenvalue weighted by atomic mass is 9.86. The van der Waals surface area contributed by atoms with Gasteiger partial charge in [0.25, 0.3) is 0 Å². The first-order valence-corrected chi connectivity index (χ1v) is 5.49. The summed E-state index contributed by atoms with van der Waals surface area (Å²) in [6.07, 6.45) is 2.53. The normalized spacial score (nSPS) is 12.4. The van der Waals surface area contributed by atoms with Crippen LogP contribution in [0.15, 0.2) is 25.3 Å². The summed E-state index contributed by atoms with van der Waals surface area (Å²) < 4.78 is 10.2. The Morgan fingerprint density at radius 3 is 2.18 bits per heavy atom. The summed E-state index contributed by atoms with van der Waals surface area (Å²) in [4.78, 5) is 22.1. The van der Waals surface area contributed by atoms with Gasteiger partial charge in [-0.2, -0.15) is 0 Å². The summed E-state index contributed by atoms with van der Waals surface area (Å²) in [6, 6.07) is 0. The number of hydrogen-bond donors (Lipinski definition) is 0. The monoisotopic (exact) mass is 240 g/mol. The Bertz CT molecular complexity index is 305. The first-order valence-electron chi connectivity index (χ1n) is 5.49. The van der Waals surface area contributed by atoms with E-state index in [9.17, 15) is 9.59 Å². The van der Waals surface area contributed by atoms with E-state index in [0.29, 0.717) is 6.42 Å². The first kappa shape index (κ1) is 15.4. The average molecular weight is 240 g/mol. The van der Waals surface area contributed by atoms with Crippen LogP contribution >= 0.6 is 0 Å². The van der Waals surface area contributed by atoms with Crippen LogP contribution < -0.4 is 0 Å². The van der Waals surface area contributed by atoms with Crippen LogP contribution in [0.2, 0.25) is 0 Å². The molecule has 1 unspecified atom stereocenters. The summed E-state index contributed by atoms with van der Waals surface area (Å²) in [5.41, 5.74) is -0.452. The van der Waals surface area contributed by atoms with Gasteiger partial charge in [0.05, 0.1) is 0 Å². The highest BCUT2D eigenvalue weighted by Crippen LogP contribution is 2.26. The van der Waals surface area contributed by atoms with Crippen LogP contribution in [0.25, 0.3) is 0 Å². The minimum atomic E-state index is -0.483. The molecule has 0 aromatic carbocycles. The van der Waals surface area contributed by atoms with Gasteiger partial charge < -0.3 is 9.47 Å². The quantitative estimate of drug-likeness (QED) is 0.506. The number of hydrogen-bond acceptors (Lipinski definition) is 4. The third-order valence-electron chi connectivity index (χ3n) is 2.42. The predicted molar refractivity (Wildman–Crippen MR) is 65.3 cm³/mol. The van der Waals surface area contributed by atoms with E-state index in [1.807, 2.05) is 20.8 Å². The summed E-state index contributed by atoms with van der Waals surface area (Å²) in [7, 11) is 0. The van der Waals surface area contributed by atoms with Crippen LogP contribution in [0.5, 0.6) is 0 Å². The van der Waals surface area contributed by atoms with Crippen molar-refractivity contribution in [2.75, 3.05) is 6.61 Å². The van der Waals surface area contributed by atoms with Crippen LogP contribution in [-0.2, 0) is 19.1 Å². The highest BCUT2D eigenvalue weighted by molar-refractivity contribution is 5.81. The fourth-order valence-corrected chi connectivity index (χ4v) is 1.39. The van der Waals surface area contributed by atoms with Crippen molar-refractivity contribution in [2.45, 2.75) is 33.3 Å². The zero-order valence-electron chi connectivity index (χ0n) is 10.7. The molecule has 17 heavy (non-hydrogen) atoms. The van der Waals surface area contributed by atoms with Gasteiger partial charge >= 0.3 is 11.9 Å². The fraction of sp³-hybridized carbons (Fsp3) is 0.538. The van der Waals surface area contributed by atoms with Crippen molar-refractivity contribution < 1.29 is 19.1 Å². The molecule has 96 valence electrons. The lowest BCUT2D eigenvalue weighted by Gasteiger charge is -2.32. The van der Waals surface area contributed by atoms with Crippen LogP contribution in [0.4, 0.5) is 0 Å². The van der Waals surface area contributed by atoms with E-state index in [0.717, 1.165) is 12.2 Å². The largest absolute Gasteiger partial charge is 0.462 e. The maximum Gasteiger partial charge on any atom is 0.330 e. The van der Waals surface area contributed by atoms with Gasteiger partial charge in [0, 0.05) is 17.6 Å². The molecular formula is C13H20O4. The Morgan fingerprint density at radius 1 is 1.24 bits per heavy atom. The lowest BCUT2D eigenvalue weighted by molar-refractivity contribution is -0.155. The molecule has 4 heteroatoms. The molecule has 0 bridgehead atoms. The van der Waals surface area contributed by atoms with E-state index in [2.05, 4.69) is 13.2 Å². The van der Waals surface area contributed by atoms with Crippen molar-refractivity contribution in [1.82, 2.24) is 0 Å². The molecule has 0 heterocycles. The SMILES string of the molecule is C=CC(=O)OCC(C)(C)C(CC)OC(=O)C=C. The first-order chi connectivity index (χ1) is 7.87. The standard InChI is InChI=1S/C13H20O4/c1-6-10(17-12(15)8-3)13(4,5)9-16-11(14)7-2/h7-8,10H,2-3,6,9H2,1,4-5H3. The van der Waals surface area contributed by atoms with Crippen LogP contribution in [0.3, 0.4) is 0 Å². The molecule has 0 saturated heterocycles. The van der Waals surface area contributed by atoms with E-state index >= 15 is 0 Å². The number of carbonyl (C=O) groups is 2. The maximum absolute atomic E-state index is 11.2. The van der Waals surface area contributed by atoms with E-state index in [1.54, 1.807) is 0 Å². The van der Waals surface area contributed by atoms with Gasteiger partial charge in [-0.25, -0.2) is 9.59 Å². The molecule has 0 aliphatic rings. The topological polar surface area (TPSA) is 52.6 Å². The summed E-state index contributed by atoms with van der Waals surface area (Å²) in [5.74, 6) is -0.956. The minimum Gasteiger partial charge on any atom is -0.462 e. The predicted octanol–water partition coefficient (Wildman–Crippen LogP) is 2.25. The van der Waals surface area contributed by atoms with Gasteiger partial charge in [-0.05, 0) is 6.42 Å². The Morgan fingerprint density at radius 2 is 1.76 bits per heavy atom. The van der Waals surface area contributed by atoms with E-state index in [-0.39, 0.29) is 12.7 Å². The van der Waals surface area contributed by atoms with Crippen LogP contribution in [0, 0.1) is 5.41 Å². The number of esters is 2. The number of rotatable bonds is 7. The van der Waals surface area contributed by atoms with E-state index in [4.69, 9.17) is 9.47 Å². The average Bonchev–Trinajstić information content (AvgIpc) is 2.32. The zero-order chi connectivity index (χ0) is 13.5. The molecule has 0 rings (SSSR count). The second-order valence-corrected chi connectivity index (χ2v) is 4.34. The van der Waals surface area contributed by atoms with Crippen molar-refractivity contribution in [2.24, 2.45) is 5.41 Å². The summed E-state index contributed by atoms with van der Waals surface area (Å²) in [5, 5.41) is 0. The molecule has 0 fully saturated rings. The van der Waals surface area contributed by atoms with Gasteiger partial charge in [-0.3, -0.25) is 0 Å². The van der Waals surface area contributed by atoms with Gasteiger partial charge in [-0.15, -0.1) is 0 Å². The molecule has 0 aliphatic carbocycles. The molecule has 0 N–H and O–H groups in total. The minimum absolute atomic E-state index is 0.167. The molecule has 0 aromatic heterocycles. The smallest absolute Gasteiger partial charge is 0.330 e. The molecule has 0 saturated carbocycles. The highest BCUT2D eigenvalue weighted by Gasteiger charge is 2.32. The van der Waals surface area contributed by atoms with Crippen molar-refractivity contribution in [1.29, 1.82) is 0 Å². The van der Waals surface area contributed by atoms with Crippen molar-refractivity contribution in [3.05, 3.63) is 25.3 Å². The molecule has 0 spiro atoms. The third kappa shape index (κ3) is 5.33. The highest BCUT2D eigenvalue weighted by atomic mass is 16.6. The van der Waals surface area contributed by atoms with Gasteiger partial charge in [0.2, 0.25) is 0 Å². The van der Waals surface area contributed by atoms with Crippen molar-refractivity contribution >= 4 is 11.9 Å². The van der Waals surface area contributed by atoms with Crippen molar-refractivity contribution in [3.63, 3.8) is 0 Å². The molecule has 0 aliphatic heterocycles. The molecule has 1 atom stereocenters. The number of ether oxygens (including phenoxy) is 2. The van der Waals surface area contributed by atoms with Gasteiger partial charge in [0.15, 0.2) is 0 Å². The van der Waals surface area contributed by atoms with E-state index < -0.39 is 17.4 Å². The molecule has 0 aromatic rings. The lowest BCUT2D eigenvalue weighted by Crippen LogP contribution is -2.37. The van der Waals surface area contributed by atoms with Crippen LogP contribution in [-0.4, -0.2) is 24.6 Å². The van der Waals surface area contributed by atoms with Gasteiger partial charge in [0.1, 0.15) is 12.7 Å². The Kier molecular flexibility index (Phi) is 6.25. The van der Waals surface area contributed by atoms with Crippen LogP contribution in [0.1, 0.15) is 27.2 Å². The maximum atomic E-state index is 11.2. The molecule has 0 amide bonds. The molecule has 4 nitrogen and oxygen atoms in total. The fourth-order valence-electron chi connectivity index (χ4n) is 1.39. The second-order valence-electron chi connectivity index (χ2n) is 4.34. The zero-order valence-corrected chi connectivity index (χ0v) is 10.7. The number of carbonyl (C=O) groups excluding carboxylic acids is 2. The summed E-state index contributed by atoms with van der Waals surface area (Å²) >= 11 is 0. The Balaban J connectivity index is 4.50. The second kappa shape index (κ2) is 6.89. The molecule has 0 radical (unpaired) electrons. The van der Waals surface area contributed by atoms with E-state index in [1.165, 1.54) is 0 Å². The summed E-state index contributed by atoms with van der Waals surface area (Å²) in [6.45, 7) is 12.5. The molecular weight excluding hydrogens is 220 g/mol. The van der Waals surface area contributed by atoms with Gasteiger partial charge in [-0.1, -0.05) is 33.9 Å². The Labute approximate surface area is 102 Å².